The van der Waals surface area contributed by atoms with Crippen molar-refractivity contribution in [1.29, 1.82) is 0 Å². The lowest BCUT2D eigenvalue weighted by Crippen LogP contribution is -2.22. The van der Waals surface area contributed by atoms with Gasteiger partial charge in [0.1, 0.15) is 11.5 Å². The second kappa shape index (κ2) is 18.0. The van der Waals surface area contributed by atoms with Crippen LogP contribution in [0.4, 0.5) is 0 Å². The fourth-order valence-corrected chi connectivity index (χ4v) is 7.52. The number of hydrogen-bond acceptors (Lipinski definition) is 2. The van der Waals surface area contributed by atoms with Crippen molar-refractivity contribution < 1.29 is 9.47 Å². The lowest BCUT2D eigenvalue weighted by molar-refractivity contribution is 0.232. The summed E-state index contributed by atoms with van der Waals surface area (Å²) in [6.07, 6.45) is 22.8. The predicted octanol–water partition coefficient (Wildman–Crippen LogP) is 14.9. The fraction of sp³-hybridized carbons (Fsp3) is 0.551. The summed E-state index contributed by atoms with van der Waals surface area (Å²) in [5.74, 6) is 2.35. The van der Waals surface area contributed by atoms with Gasteiger partial charge in [0, 0.05) is 16.5 Å². The van der Waals surface area contributed by atoms with Gasteiger partial charge in [0.05, 0.1) is 13.7 Å². The van der Waals surface area contributed by atoms with Gasteiger partial charge in [-0.2, -0.15) is 0 Å². The first-order valence-corrected chi connectivity index (χ1v) is 20.3. The molecule has 3 aromatic carbocycles. The third-order valence-corrected chi connectivity index (χ3v) is 11.0. The van der Waals surface area contributed by atoms with Gasteiger partial charge < -0.3 is 9.47 Å². The topological polar surface area (TPSA) is 18.5 Å². The maximum Gasteiger partial charge on any atom is 0.127 e. The Kier molecular flexibility index (Phi) is 14.3. The Labute approximate surface area is 313 Å². The molecule has 1 aliphatic carbocycles. The molecule has 2 unspecified atom stereocenters. The molecule has 4 rings (SSSR count). The van der Waals surface area contributed by atoms with Crippen LogP contribution in [0.25, 0.3) is 29.4 Å². The second-order valence-electron chi connectivity index (χ2n) is 17.6. The predicted molar refractivity (Wildman–Crippen MR) is 224 cm³/mol. The van der Waals surface area contributed by atoms with E-state index in [9.17, 15) is 0 Å². The van der Waals surface area contributed by atoms with Gasteiger partial charge >= 0.3 is 0 Å². The molecule has 0 aliphatic heterocycles. The van der Waals surface area contributed by atoms with E-state index in [1.54, 1.807) is 7.11 Å². The molecule has 0 aromatic heterocycles. The summed E-state index contributed by atoms with van der Waals surface area (Å²) < 4.78 is 12.6. The van der Waals surface area contributed by atoms with Gasteiger partial charge in [-0.1, -0.05) is 188 Å². The fourth-order valence-electron chi connectivity index (χ4n) is 7.52. The van der Waals surface area contributed by atoms with E-state index in [1.165, 1.54) is 97.6 Å². The van der Waals surface area contributed by atoms with E-state index in [0.29, 0.717) is 5.92 Å². The van der Waals surface area contributed by atoms with Crippen molar-refractivity contribution in [3.63, 3.8) is 0 Å². The minimum Gasteiger partial charge on any atom is -0.496 e. The SMILES string of the molecule is CCCCCCCCC1(C)c2cc(/C=C/c3cc(OCC(CC)CCCC)c(/C=C/C(C)(C)C)cc3OC)ccc2-c2ccc(C(C)(C)C)cc21. The Morgan fingerprint density at radius 2 is 1.31 bits per heavy atom. The van der Waals surface area contributed by atoms with Crippen molar-refractivity contribution >= 4 is 18.2 Å². The van der Waals surface area contributed by atoms with Crippen LogP contribution in [0.3, 0.4) is 0 Å². The first-order chi connectivity index (χ1) is 24.2. The normalized spacial score (nSPS) is 16.5. The largest absolute Gasteiger partial charge is 0.496 e. The third-order valence-electron chi connectivity index (χ3n) is 11.0. The molecule has 0 bridgehead atoms. The molecule has 1 aliphatic rings. The van der Waals surface area contributed by atoms with E-state index in [-0.39, 0.29) is 16.2 Å². The average Bonchev–Trinajstić information content (AvgIpc) is 3.34. The first-order valence-electron chi connectivity index (χ1n) is 20.3. The smallest absolute Gasteiger partial charge is 0.127 e. The molecule has 278 valence electrons. The second-order valence-corrected chi connectivity index (χ2v) is 17.6. The Bertz CT molecular complexity index is 1630. The number of allylic oxidation sites excluding steroid dienone is 1. The molecule has 0 N–H and O–H groups in total. The quantitative estimate of drug-likeness (QED) is 0.0977. The molecule has 0 heterocycles. The van der Waals surface area contributed by atoms with Crippen LogP contribution in [0, 0.1) is 11.3 Å². The van der Waals surface area contributed by atoms with Crippen LogP contribution in [-0.4, -0.2) is 13.7 Å². The molecule has 0 saturated heterocycles. The summed E-state index contributed by atoms with van der Waals surface area (Å²) in [4.78, 5) is 0. The molecule has 0 saturated carbocycles. The molecule has 2 atom stereocenters. The van der Waals surface area contributed by atoms with Gasteiger partial charge in [-0.3, -0.25) is 0 Å². The van der Waals surface area contributed by atoms with Crippen LogP contribution in [0.5, 0.6) is 11.5 Å². The van der Waals surface area contributed by atoms with Gasteiger partial charge in [0.2, 0.25) is 0 Å². The van der Waals surface area contributed by atoms with Crippen LogP contribution >= 0.6 is 0 Å². The van der Waals surface area contributed by atoms with Gasteiger partial charge in [-0.05, 0) is 75.1 Å². The van der Waals surface area contributed by atoms with Crippen LogP contribution in [0.2, 0.25) is 0 Å². The molecule has 3 aromatic rings. The Morgan fingerprint density at radius 3 is 1.96 bits per heavy atom. The van der Waals surface area contributed by atoms with Crippen LogP contribution in [0.1, 0.15) is 173 Å². The van der Waals surface area contributed by atoms with E-state index in [4.69, 9.17) is 9.47 Å². The summed E-state index contributed by atoms with van der Waals surface area (Å²) in [5, 5.41) is 0. The van der Waals surface area contributed by atoms with Crippen molar-refractivity contribution in [2.24, 2.45) is 11.3 Å². The van der Waals surface area contributed by atoms with Crippen LogP contribution in [-0.2, 0) is 10.8 Å². The lowest BCUT2D eigenvalue weighted by atomic mass is 9.74. The van der Waals surface area contributed by atoms with Crippen molar-refractivity contribution in [3.05, 3.63) is 88.0 Å². The summed E-state index contributed by atoms with van der Waals surface area (Å²) in [6, 6.07) is 18.7. The number of rotatable bonds is 18. The number of ether oxygens (including phenoxy) is 2. The third kappa shape index (κ3) is 10.6. The van der Waals surface area contributed by atoms with Crippen LogP contribution in [0.15, 0.2) is 54.6 Å². The average molecular weight is 691 g/mol. The zero-order valence-electron chi connectivity index (χ0n) is 34.3. The highest BCUT2D eigenvalue weighted by Crippen LogP contribution is 2.52. The minimum atomic E-state index is -0.00609. The van der Waals surface area contributed by atoms with Gasteiger partial charge in [-0.25, -0.2) is 0 Å². The standard InChI is InChI=1S/C49H70O2/c1-12-15-17-18-19-20-29-49(10)43-31-37(23-26-41(43)42-27-25-40(34-44(42)49)48(7,8)9)22-24-38-33-46(51-35-36(14-3)21-16-13-2)39(32-45(38)50-11)28-30-47(4,5)6/h22-28,30-34,36H,12-21,29,35H2,1-11H3/b24-22+,30-28+. The maximum atomic E-state index is 6.63. The van der Waals surface area contributed by atoms with Crippen LogP contribution < -0.4 is 9.47 Å². The summed E-state index contributed by atoms with van der Waals surface area (Å²) in [7, 11) is 1.77. The highest BCUT2D eigenvalue weighted by molar-refractivity contribution is 5.84. The number of benzene rings is 3. The highest BCUT2D eigenvalue weighted by Gasteiger charge is 2.39. The molecule has 0 radical (unpaired) electrons. The van der Waals surface area contributed by atoms with Gasteiger partial charge in [0.25, 0.3) is 0 Å². The number of unbranched alkanes of at least 4 members (excludes halogenated alkanes) is 6. The van der Waals surface area contributed by atoms with Crippen molar-refractivity contribution in [2.75, 3.05) is 13.7 Å². The Balaban J connectivity index is 1.70. The number of fused-ring (bicyclic) bond motifs is 3. The van der Waals surface area contributed by atoms with Gasteiger partial charge in [0.15, 0.2) is 0 Å². The molecular weight excluding hydrogens is 621 g/mol. The van der Waals surface area contributed by atoms with Crippen molar-refractivity contribution in [2.45, 2.75) is 151 Å². The van der Waals surface area contributed by atoms with Gasteiger partial charge in [-0.15, -0.1) is 0 Å². The number of hydrogen-bond donors (Lipinski definition) is 0. The molecule has 0 amide bonds. The summed E-state index contributed by atoms with van der Waals surface area (Å²) in [6.45, 7) is 23.8. The lowest BCUT2D eigenvalue weighted by Gasteiger charge is -2.29. The van der Waals surface area contributed by atoms with E-state index < -0.39 is 0 Å². The Morgan fingerprint density at radius 1 is 0.686 bits per heavy atom. The van der Waals surface area contributed by atoms with E-state index in [0.717, 1.165) is 35.7 Å². The van der Waals surface area contributed by atoms with Crippen molar-refractivity contribution in [1.82, 2.24) is 0 Å². The summed E-state index contributed by atoms with van der Waals surface area (Å²) >= 11 is 0. The molecular formula is C49H70O2. The van der Waals surface area contributed by atoms with E-state index in [1.807, 2.05) is 0 Å². The molecule has 0 fully saturated rings. The Hall–Kier alpha value is -3.26. The molecule has 0 spiro atoms. The molecule has 51 heavy (non-hydrogen) atoms. The summed E-state index contributed by atoms with van der Waals surface area (Å²) in [5.41, 5.74) is 10.7. The molecule has 2 nitrogen and oxygen atoms in total. The zero-order chi connectivity index (χ0) is 37.2. The zero-order valence-corrected chi connectivity index (χ0v) is 34.3. The highest BCUT2D eigenvalue weighted by atomic mass is 16.5. The van der Waals surface area contributed by atoms with Crippen molar-refractivity contribution in [3.8, 4) is 22.6 Å². The first kappa shape index (κ1) is 40.5. The maximum absolute atomic E-state index is 6.63. The van der Waals surface area contributed by atoms with E-state index in [2.05, 4.69) is 142 Å². The number of methoxy groups -OCH3 is 1. The minimum absolute atomic E-state index is 0.00609. The monoisotopic (exact) mass is 691 g/mol. The van der Waals surface area contributed by atoms with E-state index >= 15 is 0 Å². The molecule has 2 heteroatoms.